The summed E-state index contributed by atoms with van der Waals surface area (Å²) in [6, 6.07) is 0. The molecule has 110 valence electrons. The van der Waals surface area contributed by atoms with E-state index in [0.717, 1.165) is 6.42 Å². The number of ketones is 2. The SMILES string of the molecule is CCCNC(=O)CCN(CCC(C)=O)CCC(C)=O. The van der Waals surface area contributed by atoms with Crippen LogP contribution in [0.4, 0.5) is 0 Å². The van der Waals surface area contributed by atoms with Gasteiger partial charge in [0.25, 0.3) is 0 Å². The molecule has 0 aliphatic carbocycles. The number of hydrogen-bond donors (Lipinski definition) is 1. The van der Waals surface area contributed by atoms with Crippen molar-refractivity contribution < 1.29 is 14.4 Å². The lowest BCUT2D eigenvalue weighted by molar-refractivity contribution is -0.121. The van der Waals surface area contributed by atoms with E-state index in [2.05, 4.69) is 5.32 Å². The maximum atomic E-state index is 11.5. The molecule has 1 amide bonds. The quantitative estimate of drug-likeness (QED) is 0.612. The number of carbonyl (C=O) groups is 3. The van der Waals surface area contributed by atoms with Crippen LogP contribution < -0.4 is 5.32 Å². The van der Waals surface area contributed by atoms with Crippen LogP contribution in [0.15, 0.2) is 0 Å². The van der Waals surface area contributed by atoms with Crippen LogP contribution in [-0.4, -0.2) is 48.6 Å². The van der Waals surface area contributed by atoms with Gasteiger partial charge in [0.2, 0.25) is 5.91 Å². The second kappa shape index (κ2) is 10.7. The fraction of sp³-hybridized carbons (Fsp3) is 0.786. The summed E-state index contributed by atoms with van der Waals surface area (Å²) < 4.78 is 0. The van der Waals surface area contributed by atoms with Crippen LogP contribution in [0, 0.1) is 0 Å². The zero-order valence-corrected chi connectivity index (χ0v) is 12.3. The van der Waals surface area contributed by atoms with Gasteiger partial charge in [-0.3, -0.25) is 14.4 Å². The first-order valence-corrected chi connectivity index (χ1v) is 6.93. The van der Waals surface area contributed by atoms with Crippen LogP contribution in [0.2, 0.25) is 0 Å². The first-order valence-electron chi connectivity index (χ1n) is 6.93. The first-order chi connectivity index (χ1) is 8.95. The summed E-state index contributed by atoms with van der Waals surface area (Å²) in [5.74, 6) is 0.281. The van der Waals surface area contributed by atoms with Crippen molar-refractivity contribution in [1.82, 2.24) is 10.2 Å². The molecule has 0 fully saturated rings. The number of hydrogen-bond acceptors (Lipinski definition) is 4. The molecular formula is C14H26N2O3. The van der Waals surface area contributed by atoms with E-state index in [9.17, 15) is 14.4 Å². The summed E-state index contributed by atoms with van der Waals surface area (Å²) in [6.07, 6.45) is 2.27. The van der Waals surface area contributed by atoms with E-state index < -0.39 is 0 Å². The first kappa shape index (κ1) is 17.8. The van der Waals surface area contributed by atoms with Crippen molar-refractivity contribution in [1.29, 1.82) is 0 Å². The third kappa shape index (κ3) is 11.6. The Balaban J connectivity index is 4.05. The number of carbonyl (C=O) groups excluding carboxylic acids is 3. The van der Waals surface area contributed by atoms with Gasteiger partial charge in [-0.15, -0.1) is 0 Å². The predicted octanol–water partition coefficient (Wildman–Crippen LogP) is 1.16. The molecule has 0 unspecified atom stereocenters. The third-order valence-corrected chi connectivity index (χ3v) is 2.79. The van der Waals surface area contributed by atoms with E-state index >= 15 is 0 Å². The molecule has 19 heavy (non-hydrogen) atoms. The average molecular weight is 270 g/mol. The fourth-order valence-corrected chi connectivity index (χ4v) is 1.58. The number of nitrogens with one attached hydrogen (secondary N) is 1. The smallest absolute Gasteiger partial charge is 0.221 e. The molecule has 1 N–H and O–H groups in total. The van der Waals surface area contributed by atoms with Crippen molar-refractivity contribution in [3.63, 3.8) is 0 Å². The highest BCUT2D eigenvalue weighted by molar-refractivity contribution is 5.77. The van der Waals surface area contributed by atoms with Crippen molar-refractivity contribution in [3.8, 4) is 0 Å². The minimum atomic E-state index is 0.0255. The van der Waals surface area contributed by atoms with Crippen molar-refractivity contribution in [3.05, 3.63) is 0 Å². The predicted molar refractivity (Wildman–Crippen MR) is 75.0 cm³/mol. The van der Waals surface area contributed by atoms with Gasteiger partial charge in [-0.05, 0) is 20.3 Å². The van der Waals surface area contributed by atoms with Crippen LogP contribution >= 0.6 is 0 Å². The second-order valence-electron chi connectivity index (χ2n) is 4.85. The van der Waals surface area contributed by atoms with E-state index in [1.807, 2.05) is 11.8 Å². The summed E-state index contributed by atoms with van der Waals surface area (Å²) in [5.41, 5.74) is 0. The molecule has 0 aliphatic heterocycles. The van der Waals surface area contributed by atoms with Crippen molar-refractivity contribution in [2.75, 3.05) is 26.2 Å². The zero-order valence-electron chi connectivity index (χ0n) is 12.3. The number of amides is 1. The van der Waals surface area contributed by atoms with Crippen LogP contribution in [0.1, 0.15) is 46.5 Å². The minimum Gasteiger partial charge on any atom is -0.356 e. The van der Waals surface area contributed by atoms with Gasteiger partial charge in [0.05, 0.1) is 0 Å². The molecule has 0 rings (SSSR count). The Labute approximate surface area is 115 Å². The third-order valence-electron chi connectivity index (χ3n) is 2.79. The van der Waals surface area contributed by atoms with Crippen LogP contribution in [0.25, 0.3) is 0 Å². The Kier molecular flexibility index (Phi) is 9.98. The highest BCUT2D eigenvalue weighted by atomic mass is 16.1. The van der Waals surface area contributed by atoms with Gasteiger partial charge in [-0.1, -0.05) is 6.92 Å². The molecule has 0 saturated carbocycles. The highest BCUT2D eigenvalue weighted by Gasteiger charge is 2.10. The fourth-order valence-electron chi connectivity index (χ4n) is 1.58. The number of rotatable bonds is 11. The minimum absolute atomic E-state index is 0.0255. The lowest BCUT2D eigenvalue weighted by atomic mass is 10.2. The lowest BCUT2D eigenvalue weighted by Crippen LogP contribution is -2.33. The standard InChI is InChI=1S/C14H26N2O3/c1-4-8-15-14(19)7-11-16(9-5-12(2)17)10-6-13(3)18/h4-11H2,1-3H3,(H,15,19). The molecule has 0 saturated heterocycles. The molecular weight excluding hydrogens is 244 g/mol. The molecule has 0 aromatic carbocycles. The molecule has 0 spiro atoms. The Morgan fingerprint density at radius 2 is 1.37 bits per heavy atom. The Bertz CT molecular complexity index is 285. The molecule has 5 nitrogen and oxygen atoms in total. The van der Waals surface area contributed by atoms with Crippen molar-refractivity contribution >= 4 is 17.5 Å². The van der Waals surface area contributed by atoms with E-state index in [1.54, 1.807) is 13.8 Å². The summed E-state index contributed by atoms with van der Waals surface area (Å²) >= 11 is 0. The van der Waals surface area contributed by atoms with E-state index in [4.69, 9.17) is 0 Å². The van der Waals surface area contributed by atoms with Gasteiger partial charge in [0, 0.05) is 45.4 Å². The van der Waals surface area contributed by atoms with E-state index in [0.29, 0.717) is 45.4 Å². The Morgan fingerprint density at radius 1 is 0.895 bits per heavy atom. The highest BCUT2D eigenvalue weighted by Crippen LogP contribution is 1.98. The summed E-state index contributed by atoms with van der Waals surface area (Å²) in [4.78, 5) is 35.5. The van der Waals surface area contributed by atoms with Gasteiger partial charge in [0.15, 0.2) is 0 Å². The molecule has 0 bridgehead atoms. The van der Waals surface area contributed by atoms with Gasteiger partial charge in [-0.2, -0.15) is 0 Å². The van der Waals surface area contributed by atoms with E-state index in [-0.39, 0.29) is 17.5 Å². The Morgan fingerprint density at radius 3 is 1.79 bits per heavy atom. The van der Waals surface area contributed by atoms with Gasteiger partial charge in [-0.25, -0.2) is 0 Å². The van der Waals surface area contributed by atoms with Crippen LogP contribution in [-0.2, 0) is 14.4 Å². The molecule has 0 aliphatic rings. The van der Waals surface area contributed by atoms with Gasteiger partial charge in [0.1, 0.15) is 11.6 Å². The molecule has 0 aromatic heterocycles. The molecule has 0 aromatic rings. The second-order valence-corrected chi connectivity index (χ2v) is 4.85. The molecule has 0 atom stereocenters. The zero-order chi connectivity index (χ0) is 14.7. The Hall–Kier alpha value is -1.23. The normalized spacial score (nSPS) is 10.5. The van der Waals surface area contributed by atoms with Crippen molar-refractivity contribution in [2.45, 2.75) is 46.5 Å². The topological polar surface area (TPSA) is 66.5 Å². The van der Waals surface area contributed by atoms with Crippen LogP contribution in [0.3, 0.4) is 0 Å². The lowest BCUT2D eigenvalue weighted by Gasteiger charge is -2.20. The van der Waals surface area contributed by atoms with Gasteiger partial charge < -0.3 is 10.2 Å². The number of Topliss-reactive ketones (excluding diaryl/α,β-unsaturated/α-hetero) is 2. The molecule has 0 radical (unpaired) electrons. The number of nitrogens with zero attached hydrogens (tertiary/aromatic N) is 1. The summed E-state index contributed by atoms with van der Waals surface area (Å²) in [5, 5.41) is 2.82. The molecule has 5 heteroatoms. The van der Waals surface area contributed by atoms with Crippen LogP contribution in [0.5, 0.6) is 0 Å². The molecule has 0 heterocycles. The summed E-state index contributed by atoms with van der Waals surface area (Å²) in [7, 11) is 0. The van der Waals surface area contributed by atoms with Gasteiger partial charge >= 0.3 is 0 Å². The van der Waals surface area contributed by atoms with E-state index in [1.165, 1.54) is 0 Å². The average Bonchev–Trinajstić information content (AvgIpc) is 2.34. The summed E-state index contributed by atoms with van der Waals surface area (Å²) in [6.45, 7) is 7.63. The van der Waals surface area contributed by atoms with Crippen molar-refractivity contribution in [2.24, 2.45) is 0 Å². The maximum absolute atomic E-state index is 11.5. The largest absolute Gasteiger partial charge is 0.356 e. The monoisotopic (exact) mass is 270 g/mol. The maximum Gasteiger partial charge on any atom is 0.221 e.